The van der Waals surface area contributed by atoms with E-state index >= 15 is 0 Å². The van der Waals surface area contributed by atoms with Gasteiger partial charge in [-0.05, 0) is 44.4 Å². The molecular weight excluding hydrogens is 410 g/mol. The summed E-state index contributed by atoms with van der Waals surface area (Å²) in [4.78, 5) is 16.2. The van der Waals surface area contributed by atoms with Crippen LogP contribution in [0.1, 0.15) is 36.0 Å². The first-order valence-electron chi connectivity index (χ1n) is 10.8. The second-order valence-electron chi connectivity index (χ2n) is 8.70. The quantitative estimate of drug-likeness (QED) is 0.644. The molecule has 1 N–H and O–H groups in total. The van der Waals surface area contributed by atoms with Crippen LogP contribution in [0.25, 0.3) is 22.2 Å². The number of piperidine rings is 1. The number of fused-ring (bicyclic) bond motifs is 3. The van der Waals surface area contributed by atoms with E-state index in [0.717, 1.165) is 46.3 Å². The SMILES string of the molecule is COc1cccc2c(C(=O)NC3C[C@H]4CC[C@@H](C3)N4C)c(-c3ccccc3)n(C)c12.Cl. The molecule has 1 unspecified atom stereocenters. The molecular formula is C25H30ClN3O2. The molecule has 1 aromatic heterocycles. The zero-order valence-electron chi connectivity index (χ0n) is 18.3. The van der Waals surface area contributed by atoms with Crippen LogP contribution in [0.3, 0.4) is 0 Å². The number of ether oxygens (including phenoxy) is 1. The van der Waals surface area contributed by atoms with Crippen molar-refractivity contribution in [2.75, 3.05) is 14.2 Å². The highest BCUT2D eigenvalue weighted by Crippen LogP contribution is 2.38. The van der Waals surface area contributed by atoms with Gasteiger partial charge in [0.25, 0.3) is 5.91 Å². The van der Waals surface area contributed by atoms with E-state index in [0.29, 0.717) is 12.1 Å². The van der Waals surface area contributed by atoms with Gasteiger partial charge in [0.2, 0.25) is 0 Å². The first-order chi connectivity index (χ1) is 14.6. The van der Waals surface area contributed by atoms with Crippen LogP contribution in [0.15, 0.2) is 48.5 Å². The Bertz CT molecular complexity index is 1080. The van der Waals surface area contributed by atoms with Crippen LogP contribution >= 0.6 is 12.4 Å². The Kier molecular flexibility index (Phi) is 6.00. The molecule has 3 atom stereocenters. The molecule has 0 saturated carbocycles. The number of amides is 1. The van der Waals surface area contributed by atoms with E-state index in [4.69, 9.17) is 4.74 Å². The number of rotatable bonds is 4. The van der Waals surface area contributed by atoms with E-state index in [1.807, 2.05) is 43.4 Å². The van der Waals surface area contributed by atoms with Crippen molar-refractivity contribution in [3.63, 3.8) is 0 Å². The van der Waals surface area contributed by atoms with Crippen molar-refractivity contribution in [1.82, 2.24) is 14.8 Å². The van der Waals surface area contributed by atoms with Gasteiger partial charge in [0.05, 0.1) is 23.9 Å². The minimum atomic E-state index is 0. The van der Waals surface area contributed by atoms with Crippen LogP contribution in [0.5, 0.6) is 5.75 Å². The third kappa shape index (κ3) is 3.60. The first-order valence-corrected chi connectivity index (χ1v) is 10.8. The average Bonchev–Trinajstić information content (AvgIpc) is 3.16. The minimum Gasteiger partial charge on any atom is -0.495 e. The molecule has 3 heterocycles. The van der Waals surface area contributed by atoms with Gasteiger partial charge in [-0.2, -0.15) is 0 Å². The van der Waals surface area contributed by atoms with Gasteiger partial charge in [0.15, 0.2) is 0 Å². The van der Waals surface area contributed by atoms with Crippen molar-refractivity contribution in [1.29, 1.82) is 0 Å². The van der Waals surface area contributed by atoms with Crippen LogP contribution in [0.4, 0.5) is 0 Å². The van der Waals surface area contributed by atoms with E-state index in [1.54, 1.807) is 7.11 Å². The van der Waals surface area contributed by atoms with Crippen LogP contribution in [0.2, 0.25) is 0 Å². The van der Waals surface area contributed by atoms with Crippen molar-refractivity contribution >= 4 is 29.2 Å². The summed E-state index contributed by atoms with van der Waals surface area (Å²) in [6.07, 6.45) is 4.56. The van der Waals surface area contributed by atoms with Crippen LogP contribution < -0.4 is 10.1 Å². The molecule has 2 bridgehead atoms. The highest BCUT2D eigenvalue weighted by Gasteiger charge is 2.39. The van der Waals surface area contributed by atoms with E-state index in [1.165, 1.54) is 12.8 Å². The average molecular weight is 440 g/mol. The van der Waals surface area contributed by atoms with Gasteiger partial charge < -0.3 is 19.5 Å². The van der Waals surface area contributed by atoms with Gasteiger partial charge in [-0.1, -0.05) is 42.5 Å². The lowest BCUT2D eigenvalue weighted by molar-refractivity contribution is 0.0884. The van der Waals surface area contributed by atoms with Gasteiger partial charge in [0, 0.05) is 30.6 Å². The Morgan fingerprint density at radius 3 is 2.32 bits per heavy atom. The van der Waals surface area contributed by atoms with Crippen molar-refractivity contribution in [3.05, 3.63) is 54.1 Å². The predicted molar refractivity (Wildman–Crippen MR) is 127 cm³/mol. The zero-order chi connectivity index (χ0) is 20.8. The molecule has 2 aliphatic heterocycles. The Morgan fingerprint density at radius 2 is 1.68 bits per heavy atom. The van der Waals surface area contributed by atoms with Crippen molar-refractivity contribution in [2.45, 2.75) is 43.8 Å². The van der Waals surface area contributed by atoms with E-state index in [2.05, 4.69) is 34.0 Å². The molecule has 2 aromatic carbocycles. The smallest absolute Gasteiger partial charge is 0.254 e. The molecule has 31 heavy (non-hydrogen) atoms. The van der Waals surface area contributed by atoms with E-state index in [-0.39, 0.29) is 24.4 Å². The van der Waals surface area contributed by atoms with Crippen molar-refractivity contribution in [3.8, 4) is 17.0 Å². The molecule has 5 nitrogen and oxygen atoms in total. The molecule has 2 aliphatic rings. The molecule has 1 amide bonds. The van der Waals surface area contributed by atoms with Gasteiger partial charge in [-0.15, -0.1) is 12.4 Å². The van der Waals surface area contributed by atoms with Crippen LogP contribution in [0, 0.1) is 0 Å². The Balaban J connectivity index is 0.00000231. The fourth-order valence-corrected chi connectivity index (χ4v) is 5.59. The van der Waals surface area contributed by atoms with Gasteiger partial charge >= 0.3 is 0 Å². The lowest BCUT2D eigenvalue weighted by atomic mass is 9.97. The monoisotopic (exact) mass is 439 g/mol. The highest BCUT2D eigenvalue weighted by molar-refractivity contribution is 6.14. The number of para-hydroxylation sites is 1. The van der Waals surface area contributed by atoms with Gasteiger partial charge in [0.1, 0.15) is 5.75 Å². The number of benzene rings is 2. The Labute approximate surface area is 189 Å². The number of halogens is 1. The third-order valence-corrected chi connectivity index (χ3v) is 7.10. The van der Waals surface area contributed by atoms with Crippen molar-refractivity contribution < 1.29 is 9.53 Å². The molecule has 0 aliphatic carbocycles. The molecule has 0 radical (unpaired) electrons. The van der Waals surface area contributed by atoms with Crippen molar-refractivity contribution in [2.24, 2.45) is 7.05 Å². The number of aromatic nitrogens is 1. The summed E-state index contributed by atoms with van der Waals surface area (Å²) >= 11 is 0. The number of carbonyl (C=O) groups is 1. The molecule has 6 heteroatoms. The largest absolute Gasteiger partial charge is 0.495 e. The summed E-state index contributed by atoms with van der Waals surface area (Å²) < 4.78 is 7.73. The summed E-state index contributed by atoms with van der Waals surface area (Å²) in [7, 11) is 5.92. The first kappa shape index (κ1) is 21.7. The number of nitrogens with one attached hydrogen (secondary N) is 1. The number of methoxy groups -OCH3 is 1. The lowest BCUT2D eigenvalue weighted by Gasteiger charge is -2.36. The normalized spacial score (nSPS) is 22.9. The number of aryl methyl sites for hydroxylation is 1. The lowest BCUT2D eigenvalue weighted by Crippen LogP contribution is -2.48. The van der Waals surface area contributed by atoms with E-state index < -0.39 is 0 Å². The predicted octanol–water partition coefficient (Wildman–Crippen LogP) is 4.63. The number of hydrogen-bond donors (Lipinski definition) is 1. The second kappa shape index (κ2) is 8.56. The van der Waals surface area contributed by atoms with E-state index in [9.17, 15) is 4.79 Å². The fourth-order valence-electron chi connectivity index (χ4n) is 5.59. The summed E-state index contributed by atoms with van der Waals surface area (Å²) in [6.45, 7) is 0. The summed E-state index contributed by atoms with van der Waals surface area (Å²) in [5, 5.41) is 4.32. The standard InChI is InChI=1S/C25H29N3O2.ClH/c1-27-18-12-13-19(27)15-17(14-18)26-25(29)22-20-10-7-11-21(30-3)24(20)28(2)23(22)16-8-5-4-6-9-16;/h4-11,17-19H,12-15H2,1-3H3,(H,26,29);1H/t17?,18-,19+;. The number of nitrogens with zero attached hydrogens (tertiary/aromatic N) is 2. The van der Waals surface area contributed by atoms with Crippen LogP contribution in [-0.2, 0) is 7.05 Å². The molecule has 5 rings (SSSR count). The summed E-state index contributed by atoms with van der Waals surface area (Å²) in [5.41, 5.74) is 3.66. The Hall–Kier alpha value is -2.50. The zero-order valence-corrected chi connectivity index (χ0v) is 19.1. The summed E-state index contributed by atoms with van der Waals surface area (Å²) in [6, 6.07) is 17.5. The highest BCUT2D eigenvalue weighted by atomic mass is 35.5. The van der Waals surface area contributed by atoms with Gasteiger partial charge in [-0.3, -0.25) is 4.79 Å². The van der Waals surface area contributed by atoms with Gasteiger partial charge in [-0.25, -0.2) is 0 Å². The fraction of sp³-hybridized carbons (Fsp3) is 0.400. The van der Waals surface area contributed by atoms with Crippen LogP contribution in [-0.4, -0.2) is 47.7 Å². The number of carbonyl (C=O) groups excluding carboxylic acids is 1. The number of hydrogen-bond acceptors (Lipinski definition) is 3. The maximum Gasteiger partial charge on any atom is 0.254 e. The molecule has 164 valence electrons. The third-order valence-electron chi connectivity index (χ3n) is 7.10. The molecule has 2 saturated heterocycles. The maximum absolute atomic E-state index is 13.7. The maximum atomic E-state index is 13.7. The topological polar surface area (TPSA) is 46.5 Å². The Morgan fingerprint density at radius 1 is 1.00 bits per heavy atom. The minimum absolute atomic E-state index is 0. The second-order valence-corrected chi connectivity index (χ2v) is 8.70. The molecule has 2 fully saturated rings. The summed E-state index contributed by atoms with van der Waals surface area (Å²) in [5.74, 6) is 0.797. The molecule has 0 spiro atoms. The molecule has 3 aromatic rings.